The van der Waals surface area contributed by atoms with Crippen molar-refractivity contribution in [2.24, 2.45) is 47.3 Å². The lowest BCUT2D eigenvalue weighted by Gasteiger charge is -2.28. The molecular weight excluding hydrogens is 1330 g/mol. The Hall–Kier alpha value is -0.480. The highest BCUT2D eigenvalue weighted by Crippen LogP contribution is 2.43. The number of aliphatic hydroxyl groups excluding tert-OH is 4. The Kier molecular flexibility index (Phi) is 20.3. The summed E-state index contributed by atoms with van der Waals surface area (Å²) < 4.78 is 8.03. The van der Waals surface area contributed by atoms with Crippen molar-refractivity contribution in [3.63, 3.8) is 0 Å². The summed E-state index contributed by atoms with van der Waals surface area (Å²) in [6.07, 6.45) is 15.2. The van der Waals surface area contributed by atoms with Crippen molar-refractivity contribution in [3.8, 4) is 0 Å². The number of aliphatic hydroxyl groups is 4. The van der Waals surface area contributed by atoms with Crippen molar-refractivity contribution in [2.75, 3.05) is 0 Å². The van der Waals surface area contributed by atoms with Gasteiger partial charge < -0.3 is 20.4 Å². The molecule has 0 saturated heterocycles. The van der Waals surface area contributed by atoms with E-state index in [1.165, 1.54) is 0 Å². The predicted molar refractivity (Wildman–Crippen MR) is 297 cm³/mol. The van der Waals surface area contributed by atoms with E-state index in [0.717, 1.165) is 80.3 Å². The van der Waals surface area contributed by atoms with Crippen LogP contribution in [0.2, 0.25) is 0 Å². The van der Waals surface area contributed by atoms with Gasteiger partial charge in [0.2, 0.25) is 0 Å². The van der Waals surface area contributed by atoms with Gasteiger partial charge in [0.25, 0.3) is 0 Å². The first-order chi connectivity index (χ1) is 30.0. The molecule has 8 rings (SSSR count). The molecule has 0 heterocycles. The van der Waals surface area contributed by atoms with Crippen LogP contribution in [0.5, 0.6) is 0 Å². The molecule has 0 saturated carbocycles. The zero-order valence-corrected chi connectivity index (χ0v) is 49.7. The third-order valence-corrected chi connectivity index (χ3v) is 19.7. The molecule has 0 radical (unpaired) electrons. The fourth-order valence-corrected chi connectivity index (χ4v) is 11.3. The maximum atomic E-state index is 10.3. The van der Waals surface area contributed by atoms with Crippen LogP contribution in [-0.2, 0) is 0 Å². The summed E-state index contributed by atoms with van der Waals surface area (Å²) >= 11 is 27.8. The minimum Gasteiger partial charge on any atom is -0.388 e. The second-order valence-electron chi connectivity index (χ2n) is 18.1. The first-order valence-electron chi connectivity index (χ1n) is 21.4. The molecular formula is C52H56Br8O4. The van der Waals surface area contributed by atoms with E-state index >= 15 is 0 Å². The molecule has 0 spiro atoms. The van der Waals surface area contributed by atoms with Crippen molar-refractivity contribution in [1.29, 1.82) is 0 Å². The maximum absolute atomic E-state index is 10.3. The number of benzene rings is 4. The number of fused-ring (bicyclic) bond motifs is 4. The number of halogens is 8. The molecule has 4 aromatic rings. The van der Waals surface area contributed by atoms with Gasteiger partial charge in [-0.05, 0) is 244 Å². The largest absolute Gasteiger partial charge is 0.388 e. The molecule has 8 atom stereocenters. The normalized spacial score (nSPS) is 23.6. The highest BCUT2D eigenvalue weighted by molar-refractivity contribution is 9.14. The van der Waals surface area contributed by atoms with E-state index in [2.05, 4.69) is 231 Å². The minimum atomic E-state index is -0.399. The van der Waals surface area contributed by atoms with Crippen LogP contribution in [0.15, 0.2) is 109 Å². The van der Waals surface area contributed by atoms with E-state index in [9.17, 15) is 20.4 Å². The van der Waals surface area contributed by atoms with Gasteiger partial charge in [0.05, 0.1) is 24.4 Å². The molecule has 64 heavy (non-hydrogen) atoms. The van der Waals surface area contributed by atoms with Crippen molar-refractivity contribution >= 4 is 152 Å². The molecule has 0 bridgehead atoms. The zero-order chi connectivity index (χ0) is 47.5. The van der Waals surface area contributed by atoms with Crippen LogP contribution in [0.3, 0.4) is 0 Å². The van der Waals surface area contributed by atoms with Crippen LogP contribution < -0.4 is 0 Å². The monoisotopic (exact) mass is 1380 g/mol. The maximum Gasteiger partial charge on any atom is 0.0861 e. The summed E-state index contributed by atoms with van der Waals surface area (Å²) in [6, 6.07) is 16.2. The number of rotatable bonds is 4. The van der Waals surface area contributed by atoms with Crippen molar-refractivity contribution in [1.82, 2.24) is 0 Å². The molecule has 4 aliphatic carbocycles. The van der Waals surface area contributed by atoms with Crippen molar-refractivity contribution < 1.29 is 20.4 Å². The molecule has 0 aromatic heterocycles. The second-order valence-corrected chi connectivity index (χ2v) is 24.9. The summed E-state index contributed by atoms with van der Waals surface area (Å²) in [4.78, 5) is 0. The summed E-state index contributed by atoms with van der Waals surface area (Å²) in [5.41, 5.74) is 8.43. The first kappa shape index (κ1) is 54.5. The SMILES string of the molecule is CC(C)[C@@H]1C=Cc2cc(Br)c(Br)cc2[C@H]1O.CC(C)[C@@H]1C=Cc2cc(Br)c(Br)cc2[C@H]1O.CC(C)[C@H]1C=Cc2cc(Br)c(Br)cc2[C@@H]1O.CC(C)[C@H]1C=Cc2cc(Br)c(Br)cc2[C@@H]1O. The van der Waals surface area contributed by atoms with Crippen molar-refractivity contribution in [3.05, 3.63) is 153 Å². The lowest BCUT2D eigenvalue weighted by molar-refractivity contribution is 0.106. The van der Waals surface area contributed by atoms with Crippen LogP contribution >= 0.6 is 127 Å². The Morgan fingerprint density at radius 1 is 0.297 bits per heavy atom. The van der Waals surface area contributed by atoms with E-state index < -0.39 is 24.4 Å². The summed E-state index contributed by atoms with van der Waals surface area (Å²) in [5.74, 6) is 2.62. The number of hydrogen-bond donors (Lipinski definition) is 4. The average Bonchev–Trinajstić information content (AvgIpc) is 3.22. The third kappa shape index (κ3) is 13.0. The highest BCUT2D eigenvalue weighted by Gasteiger charge is 2.30. The molecule has 0 aliphatic heterocycles. The topological polar surface area (TPSA) is 80.9 Å². The Balaban J connectivity index is 0.000000161. The van der Waals surface area contributed by atoms with Gasteiger partial charge in [0, 0.05) is 59.5 Å². The Morgan fingerprint density at radius 2 is 0.453 bits per heavy atom. The van der Waals surface area contributed by atoms with Gasteiger partial charge >= 0.3 is 0 Å². The van der Waals surface area contributed by atoms with Gasteiger partial charge in [0.1, 0.15) is 0 Å². The van der Waals surface area contributed by atoms with Gasteiger partial charge in [-0.1, -0.05) is 104 Å². The fraction of sp³-hybridized carbons (Fsp3) is 0.385. The summed E-state index contributed by atoms with van der Waals surface area (Å²) in [6.45, 7) is 17.1. The summed E-state index contributed by atoms with van der Waals surface area (Å²) in [7, 11) is 0. The van der Waals surface area contributed by atoms with Gasteiger partial charge in [-0.25, -0.2) is 0 Å². The average molecular weight is 1380 g/mol. The standard InChI is InChI=1S/4C13H14Br2O/c4*1-7(2)9-4-3-8-5-11(14)12(15)6-10(8)13(9)16/h4*3-7,9,13,16H,1-2H3/t4*9-,13-/m1100/s1. The predicted octanol–water partition coefficient (Wildman–Crippen LogP) is 18.2. The molecule has 12 heteroatoms. The van der Waals surface area contributed by atoms with Crippen LogP contribution in [0.1, 0.15) is 124 Å². The Labute approximate surface area is 447 Å². The third-order valence-electron chi connectivity index (χ3n) is 12.3. The Morgan fingerprint density at radius 3 is 0.609 bits per heavy atom. The van der Waals surface area contributed by atoms with Crippen LogP contribution in [0.25, 0.3) is 24.3 Å². The van der Waals surface area contributed by atoms with Gasteiger partial charge in [0.15, 0.2) is 0 Å². The van der Waals surface area contributed by atoms with E-state index in [-0.39, 0.29) is 23.7 Å². The molecule has 4 N–H and O–H groups in total. The van der Waals surface area contributed by atoms with Gasteiger partial charge in [-0.2, -0.15) is 0 Å². The molecule has 4 nitrogen and oxygen atoms in total. The quantitative estimate of drug-likeness (QED) is 0.164. The number of hydrogen-bond acceptors (Lipinski definition) is 4. The Bertz CT molecular complexity index is 2090. The molecule has 344 valence electrons. The van der Waals surface area contributed by atoms with Crippen LogP contribution in [0.4, 0.5) is 0 Å². The first-order valence-corrected chi connectivity index (χ1v) is 27.8. The van der Waals surface area contributed by atoms with Crippen LogP contribution in [-0.4, -0.2) is 20.4 Å². The van der Waals surface area contributed by atoms with Gasteiger partial charge in [-0.3, -0.25) is 0 Å². The molecule has 0 fully saturated rings. The smallest absolute Gasteiger partial charge is 0.0861 e. The molecule has 4 aromatic carbocycles. The lowest BCUT2D eigenvalue weighted by atomic mass is 9.81. The molecule has 0 amide bonds. The van der Waals surface area contributed by atoms with Gasteiger partial charge in [-0.15, -0.1) is 0 Å². The minimum absolute atomic E-state index is 0.209. The zero-order valence-electron chi connectivity index (χ0n) is 37.0. The fourth-order valence-electron chi connectivity index (χ4n) is 8.37. The van der Waals surface area contributed by atoms with E-state index in [1.54, 1.807) is 0 Å². The van der Waals surface area contributed by atoms with E-state index in [0.29, 0.717) is 23.7 Å². The van der Waals surface area contributed by atoms with Crippen LogP contribution in [0, 0.1) is 47.3 Å². The summed E-state index contributed by atoms with van der Waals surface area (Å²) in [5, 5.41) is 41.3. The lowest BCUT2D eigenvalue weighted by Crippen LogP contribution is -2.19. The van der Waals surface area contributed by atoms with Crippen molar-refractivity contribution in [2.45, 2.75) is 79.8 Å². The molecule has 0 unspecified atom stereocenters. The second kappa shape index (κ2) is 23.9. The van der Waals surface area contributed by atoms with E-state index in [1.807, 2.05) is 48.5 Å². The molecule has 4 aliphatic rings. The highest BCUT2D eigenvalue weighted by atomic mass is 79.9. The van der Waals surface area contributed by atoms with E-state index in [4.69, 9.17) is 0 Å².